The van der Waals surface area contributed by atoms with E-state index < -0.39 is 22.0 Å². The van der Waals surface area contributed by atoms with Crippen molar-refractivity contribution < 1.29 is 17.9 Å². The van der Waals surface area contributed by atoms with Gasteiger partial charge in [-0.25, -0.2) is 8.42 Å². The van der Waals surface area contributed by atoms with Crippen LogP contribution in [0.25, 0.3) is 0 Å². The minimum absolute atomic E-state index is 0.186. The number of amides is 1. The Labute approximate surface area is 151 Å². The molecule has 0 radical (unpaired) electrons. The molecule has 9 heteroatoms. The van der Waals surface area contributed by atoms with E-state index in [4.69, 9.17) is 16.3 Å². The second kappa shape index (κ2) is 7.71. The van der Waals surface area contributed by atoms with Gasteiger partial charge in [0.15, 0.2) is 0 Å². The second-order valence-corrected chi connectivity index (χ2v) is 7.58. The van der Waals surface area contributed by atoms with Crippen LogP contribution in [-0.2, 0) is 14.8 Å². The van der Waals surface area contributed by atoms with Crippen LogP contribution in [0.1, 0.15) is 6.92 Å². The summed E-state index contributed by atoms with van der Waals surface area (Å²) in [6.45, 7) is 1.48. The first-order valence-corrected chi connectivity index (χ1v) is 9.50. The highest BCUT2D eigenvalue weighted by atomic mass is 35.5. The first-order valence-electron chi connectivity index (χ1n) is 7.28. The molecule has 0 spiro atoms. The first-order chi connectivity index (χ1) is 11.7. The van der Waals surface area contributed by atoms with Gasteiger partial charge in [-0.2, -0.15) is 0 Å². The van der Waals surface area contributed by atoms with E-state index in [-0.39, 0.29) is 11.4 Å². The smallest absolute Gasteiger partial charge is 0.248 e. The van der Waals surface area contributed by atoms with Crippen LogP contribution in [-0.4, -0.2) is 38.7 Å². The standard InChI is InChI=1S/C16H18ClN3O4S/c1-11(16(21)19-13-5-4-8-18-10-13)20(25(3,22)23)14-9-12(17)6-7-15(14)24-2/h4-11H,1-3H3,(H,19,21). The highest BCUT2D eigenvalue weighted by molar-refractivity contribution is 7.92. The number of anilines is 2. The summed E-state index contributed by atoms with van der Waals surface area (Å²) in [5.74, 6) is -0.226. The quantitative estimate of drug-likeness (QED) is 0.828. The fourth-order valence-corrected chi connectivity index (χ4v) is 3.64. The van der Waals surface area contributed by atoms with Gasteiger partial charge in [-0.15, -0.1) is 0 Å². The molecule has 0 aliphatic carbocycles. The zero-order valence-corrected chi connectivity index (χ0v) is 15.5. The fourth-order valence-electron chi connectivity index (χ4n) is 2.30. The lowest BCUT2D eigenvalue weighted by molar-refractivity contribution is -0.116. The highest BCUT2D eigenvalue weighted by Crippen LogP contribution is 2.34. The number of pyridine rings is 1. The van der Waals surface area contributed by atoms with Gasteiger partial charge in [-0.1, -0.05) is 11.6 Å². The molecule has 0 aliphatic heterocycles. The third-order valence-corrected chi connectivity index (χ3v) is 4.86. The number of carbonyl (C=O) groups excluding carboxylic acids is 1. The molecule has 1 N–H and O–H groups in total. The molecule has 1 heterocycles. The van der Waals surface area contributed by atoms with E-state index >= 15 is 0 Å². The molecule has 2 aromatic rings. The van der Waals surface area contributed by atoms with Crippen LogP contribution >= 0.6 is 11.6 Å². The molecule has 0 aliphatic rings. The van der Waals surface area contributed by atoms with Crippen LogP contribution in [0.15, 0.2) is 42.7 Å². The van der Waals surface area contributed by atoms with Crippen molar-refractivity contribution in [1.82, 2.24) is 4.98 Å². The Morgan fingerprint density at radius 2 is 2.08 bits per heavy atom. The fraction of sp³-hybridized carbons (Fsp3) is 0.250. The summed E-state index contributed by atoms with van der Waals surface area (Å²) in [5, 5.41) is 2.96. The average molecular weight is 384 g/mol. The van der Waals surface area contributed by atoms with Crippen molar-refractivity contribution in [1.29, 1.82) is 0 Å². The summed E-state index contributed by atoms with van der Waals surface area (Å²) >= 11 is 6.00. The Balaban J connectivity index is 2.41. The molecule has 0 saturated heterocycles. The molecule has 7 nitrogen and oxygen atoms in total. The number of rotatable bonds is 6. The Kier molecular flexibility index (Phi) is 5.86. The van der Waals surface area contributed by atoms with Crippen LogP contribution < -0.4 is 14.4 Å². The summed E-state index contributed by atoms with van der Waals surface area (Å²) in [6.07, 6.45) is 4.05. The van der Waals surface area contributed by atoms with Gasteiger partial charge in [0.1, 0.15) is 11.8 Å². The molecule has 2 rings (SSSR count). The molecule has 1 atom stereocenters. The van der Waals surface area contributed by atoms with Crippen molar-refractivity contribution >= 4 is 38.9 Å². The topological polar surface area (TPSA) is 88.6 Å². The monoisotopic (exact) mass is 383 g/mol. The molecule has 25 heavy (non-hydrogen) atoms. The number of hydrogen-bond donors (Lipinski definition) is 1. The minimum Gasteiger partial charge on any atom is -0.495 e. The minimum atomic E-state index is -3.79. The number of carbonyl (C=O) groups is 1. The summed E-state index contributed by atoms with van der Waals surface area (Å²) in [4.78, 5) is 16.4. The van der Waals surface area contributed by atoms with Gasteiger partial charge in [0.25, 0.3) is 0 Å². The van der Waals surface area contributed by atoms with Crippen molar-refractivity contribution in [3.63, 3.8) is 0 Å². The van der Waals surface area contributed by atoms with Gasteiger partial charge < -0.3 is 10.1 Å². The second-order valence-electron chi connectivity index (χ2n) is 5.28. The third-order valence-electron chi connectivity index (χ3n) is 3.40. The van der Waals surface area contributed by atoms with E-state index in [0.717, 1.165) is 10.6 Å². The molecule has 1 unspecified atom stereocenters. The van der Waals surface area contributed by atoms with Crippen molar-refractivity contribution in [2.24, 2.45) is 0 Å². The van der Waals surface area contributed by atoms with Gasteiger partial charge in [0.2, 0.25) is 15.9 Å². The maximum absolute atomic E-state index is 12.5. The van der Waals surface area contributed by atoms with Crippen molar-refractivity contribution in [2.45, 2.75) is 13.0 Å². The number of aromatic nitrogens is 1. The summed E-state index contributed by atoms with van der Waals surface area (Å²) in [6, 6.07) is 6.83. The van der Waals surface area contributed by atoms with Crippen LogP contribution in [0.5, 0.6) is 5.75 Å². The maximum atomic E-state index is 12.5. The van der Waals surface area contributed by atoms with E-state index in [2.05, 4.69) is 10.3 Å². The Morgan fingerprint density at radius 1 is 1.36 bits per heavy atom. The SMILES string of the molecule is COc1ccc(Cl)cc1N(C(C)C(=O)Nc1cccnc1)S(C)(=O)=O. The van der Waals surface area contributed by atoms with E-state index in [9.17, 15) is 13.2 Å². The molecule has 1 amide bonds. The van der Waals surface area contributed by atoms with Crippen LogP contribution in [0.4, 0.5) is 11.4 Å². The predicted molar refractivity (Wildman–Crippen MR) is 97.7 cm³/mol. The zero-order chi connectivity index (χ0) is 18.6. The van der Waals surface area contributed by atoms with Gasteiger partial charge in [-0.05, 0) is 37.3 Å². The van der Waals surface area contributed by atoms with Crippen molar-refractivity contribution in [2.75, 3.05) is 23.0 Å². The third kappa shape index (κ3) is 4.61. The number of halogens is 1. The maximum Gasteiger partial charge on any atom is 0.248 e. The predicted octanol–water partition coefficient (Wildman–Crippen LogP) is 2.54. The summed E-state index contributed by atoms with van der Waals surface area (Å²) in [5.41, 5.74) is 0.650. The average Bonchev–Trinajstić information content (AvgIpc) is 2.55. The lowest BCUT2D eigenvalue weighted by Crippen LogP contribution is -2.45. The normalized spacial score (nSPS) is 12.3. The lowest BCUT2D eigenvalue weighted by Gasteiger charge is -2.29. The van der Waals surface area contributed by atoms with Gasteiger partial charge in [0.05, 0.1) is 30.9 Å². The van der Waals surface area contributed by atoms with Crippen LogP contribution in [0.3, 0.4) is 0 Å². The molecule has 1 aromatic heterocycles. The number of sulfonamides is 1. The summed E-state index contributed by atoms with van der Waals surface area (Å²) in [7, 11) is -2.38. The number of hydrogen-bond acceptors (Lipinski definition) is 5. The van der Waals surface area contributed by atoms with E-state index in [1.54, 1.807) is 30.5 Å². The van der Waals surface area contributed by atoms with E-state index in [0.29, 0.717) is 10.7 Å². The van der Waals surface area contributed by atoms with Gasteiger partial charge >= 0.3 is 0 Å². The molecule has 1 aromatic carbocycles. The number of methoxy groups -OCH3 is 1. The molecule has 0 bridgehead atoms. The molecular formula is C16H18ClN3O4S. The van der Waals surface area contributed by atoms with Crippen LogP contribution in [0, 0.1) is 0 Å². The largest absolute Gasteiger partial charge is 0.495 e. The Morgan fingerprint density at radius 3 is 2.64 bits per heavy atom. The molecule has 0 fully saturated rings. The zero-order valence-electron chi connectivity index (χ0n) is 13.9. The van der Waals surface area contributed by atoms with Crippen molar-refractivity contribution in [3.8, 4) is 5.75 Å². The number of ether oxygens (including phenoxy) is 1. The van der Waals surface area contributed by atoms with Gasteiger partial charge in [0, 0.05) is 11.2 Å². The summed E-state index contributed by atoms with van der Waals surface area (Å²) < 4.78 is 30.9. The van der Waals surface area contributed by atoms with Gasteiger partial charge in [-0.3, -0.25) is 14.1 Å². The lowest BCUT2D eigenvalue weighted by atomic mass is 10.2. The van der Waals surface area contributed by atoms with Crippen molar-refractivity contribution in [3.05, 3.63) is 47.7 Å². The molecule has 0 saturated carbocycles. The molecular weight excluding hydrogens is 366 g/mol. The molecule has 134 valence electrons. The number of benzene rings is 1. The number of nitrogens with one attached hydrogen (secondary N) is 1. The first kappa shape index (κ1) is 19.0. The number of nitrogens with zero attached hydrogens (tertiary/aromatic N) is 2. The highest BCUT2D eigenvalue weighted by Gasteiger charge is 2.31. The van der Waals surface area contributed by atoms with E-state index in [1.165, 1.54) is 26.3 Å². The van der Waals surface area contributed by atoms with Crippen LogP contribution in [0.2, 0.25) is 5.02 Å². The Hall–Kier alpha value is -2.32. The van der Waals surface area contributed by atoms with E-state index in [1.807, 2.05) is 0 Å². The Bertz CT molecular complexity index is 859.